The molecule has 0 aliphatic heterocycles. The number of nitrogens with one attached hydrogen (secondary N) is 1. The van der Waals surface area contributed by atoms with Crippen molar-refractivity contribution in [2.75, 3.05) is 0 Å². The molecule has 0 aliphatic carbocycles. The van der Waals surface area contributed by atoms with Crippen molar-refractivity contribution in [1.82, 2.24) is 14.8 Å². The van der Waals surface area contributed by atoms with Gasteiger partial charge in [0.15, 0.2) is 5.82 Å². The first-order chi connectivity index (χ1) is 10.1. The molecule has 106 valence electrons. The minimum atomic E-state index is -0.00940. The summed E-state index contributed by atoms with van der Waals surface area (Å²) in [4.78, 5) is 4.62. The largest absolute Gasteiger partial charge is 0.384 e. The number of nitrogens with zero attached hydrogens (tertiary/aromatic N) is 3. The van der Waals surface area contributed by atoms with Gasteiger partial charge in [0.05, 0.1) is 16.8 Å². The van der Waals surface area contributed by atoms with Crippen LogP contribution in [0, 0.1) is 5.41 Å². The molecule has 3 aromatic rings. The highest BCUT2D eigenvalue weighted by Crippen LogP contribution is 2.20. The van der Waals surface area contributed by atoms with Crippen molar-refractivity contribution >= 4 is 16.7 Å². The van der Waals surface area contributed by atoms with Crippen LogP contribution >= 0.6 is 0 Å². The molecule has 3 rings (SSSR count). The number of benzene rings is 1. The molecular formula is C16H17N5. The number of hydrogen-bond acceptors (Lipinski definition) is 3. The fourth-order valence-corrected chi connectivity index (χ4v) is 2.24. The number of nitrogen functional groups attached to an aromatic ring is 1. The second-order valence-corrected chi connectivity index (χ2v) is 5.31. The molecule has 5 nitrogen and oxygen atoms in total. The van der Waals surface area contributed by atoms with Crippen LogP contribution in [0.3, 0.4) is 0 Å². The van der Waals surface area contributed by atoms with Crippen LogP contribution in [0.2, 0.25) is 0 Å². The van der Waals surface area contributed by atoms with Crippen molar-refractivity contribution in [2.45, 2.75) is 19.8 Å². The van der Waals surface area contributed by atoms with Gasteiger partial charge in [0, 0.05) is 11.6 Å². The molecule has 21 heavy (non-hydrogen) atoms. The van der Waals surface area contributed by atoms with Gasteiger partial charge >= 0.3 is 0 Å². The van der Waals surface area contributed by atoms with Crippen LogP contribution in [-0.4, -0.2) is 20.6 Å². The Morgan fingerprint density at radius 1 is 1.24 bits per heavy atom. The maximum atomic E-state index is 7.79. The minimum Gasteiger partial charge on any atom is -0.384 e. The van der Waals surface area contributed by atoms with Crippen LogP contribution in [0.25, 0.3) is 16.7 Å². The van der Waals surface area contributed by atoms with Gasteiger partial charge in [0.2, 0.25) is 0 Å². The molecule has 5 heteroatoms. The molecule has 0 unspecified atom stereocenters. The summed E-state index contributed by atoms with van der Waals surface area (Å²) in [5.41, 5.74) is 8.15. The lowest BCUT2D eigenvalue weighted by molar-refractivity contribution is 0.758. The number of nitrogens with two attached hydrogens (primary N) is 1. The number of amidine groups is 1. The summed E-state index contributed by atoms with van der Waals surface area (Å²) in [6.07, 6.45) is 1.86. The molecule has 0 fully saturated rings. The van der Waals surface area contributed by atoms with E-state index in [0.717, 1.165) is 16.6 Å². The number of rotatable bonds is 3. The summed E-state index contributed by atoms with van der Waals surface area (Å²) < 4.78 is 1.69. The summed E-state index contributed by atoms with van der Waals surface area (Å²) in [5, 5.41) is 13.3. The zero-order valence-corrected chi connectivity index (χ0v) is 12.0. The average molecular weight is 279 g/mol. The fraction of sp³-hybridized carbons (Fsp3) is 0.188. The average Bonchev–Trinajstić information content (AvgIpc) is 2.95. The molecule has 0 saturated carbocycles. The maximum absolute atomic E-state index is 7.79. The van der Waals surface area contributed by atoms with Crippen LogP contribution < -0.4 is 5.73 Å². The second-order valence-electron chi connectivity index (χ2n) is 5.31. The summed E-state index contributed by atoms with van der Waals surface area (Å²) >= 11 is 0. The van der Waals surface area contributed by atoms with Gasteiger partial charge in [0.25, 0.3) is 0 Å². The third kappa shape index (κ3) is 2.38. The Balaban J connectivity index is 2.23. The predicted molar refractivity (Wildman–Crippen MR) is 84.0 cm³/mol. The highest BCUT2D eigenvalue weighted by molar-refractivity contribution is 6.01. The zero-order valence-electron chi connectivity index (χ0n) is 12.0. The summed E-state index contributed by atoms with van der Waals surface area (Å²) in [6, 6.07) is 11.6. The van der Waals surface area contributed by atoms with Crippen LogP contribution in [0.4, 0.5) is 0 Å². The number of aromatic nitrogens is 3. The van der Waals surface area contributed by atoms with Crippen molar-refractivity contribution in [2.24, 2.45) is 5.73 Å². The molecule has 1 aromatic carbocycles. The Hall–Kier alpha value is -2.69. The number of fused-ring (bicyclic) bond motifs is 1. The monoisotopic (exact) mass is 279 g/mol. The van der Waals surface area contributed by atoms with Crippen LogP contribution in [0.1, 0.15) is 31.0 Å². The Morgan fingerprint density at radius 2 is 2.00 bits per heavy atom. The third-order valence-electron chi connectivity index (χ3n) is 3.41. The van der Waals surface area contributed by atoms with Crippen LogP contribution in [0.15, 0.2) is 42.6 Å². The molecule has 2 heterocycles. The van der Waals surface area contributed by atoms with Gasteiger partial charge in [-0.1, -0.05) is 32.0 Å². The molecular weight excluding hydrogens is 262 g/mol. The van der Waals surface area contributed by atoms with E-state index in [4.69, 9.17) is 11.1 Å². The van der Waals surface area contributed by atoms with E-state index in [1.54, 1.807) is 4.68 Å². The second kappa shape index (κ2) is 5.01. The van der Waals surface area contributed by atoms with E-state index in [9.17, 15) is 0 Å². The molecule has 0 aliphatic rings. The maximum Gasteiger partial charge on any atom is 0.164 e. The predicted octanol–water partition coefficient (Wildman–Crippen LogP) is 2.83. The van der Waals surface area contributed by atoms with Crippen LogP contribution in [0.5, 0.6) is 0 Å². The molecule has 3 N–H and O–H groups in total. The van der Waals surface area contributed by atoms with E-state index in [2.05, 4.69) is 23.9 Å². The summed E-state index contributed by atoms with van der Waals surface area (Å²) in [6.45, 7) is 4.18. The summed E-state index contributed by atoms with van der Waals surface area (Å²) in [5.74, 6) is 0.922. The SMILES string of the molecule is CC(C)c1ccn(-c2nc3ccccc3cc2C(=N)N)n1. The van der Waals surface area contributed by atoms with E-state index >= 15 is 0 Å². The van der Waals surface area contributed by atoms with E-state index < -0.39 is 0 Å². The highest BCUT2D eigenvalue weighted by Gasteiger charge is 2.13. The molecule has 0 radical (unpaired) electrons. The fourth-order valence-electron chi connectivity index (χ4n) is 2.24. The normalized spacial score (nSPS) is 11.2. The van der Waals surface area contributed by atoms with Gasteiger partial charge in [-0.05, 0) is 24.1 Å². The van der Waals surface area contributed by atoms with Gasteiger partial charge in [-0.2, -0.15) is 5.10 Å². The first kappa shape index (κ1) is 13.3. The topological polar surface area (TPSA) is 80.6 Å². The summed E-state index contributed by atoms with van der Waals surface area (Å²) in [7, 11) is 0. The Bertz CT molecular complexity index is 816. The quantitative estimate of drug-likeness (QED) is 0.571. The molecule has 0 spiro atoms. The number of hydrogen-bond donors (Lipinski definition) is 2. The Kier molecular flexibility index (Phi) is 3.17. The van der Waals surface area contributed by atoms with Crippen molar-refractivity contribution in [3.05, 3.63) is 53.9 Å². The molecule has 0 bridgehead atoms. The van der Waals surface area contributed by atoms with Gasteiger partial charge < -0.3 is 5.73 Å². The van der Waals surface area contributed by atoms with E-state index in [1.807, 2.05) is 42.6 Å². The first-order valence-corrected chi connectivity index (χ1v) is 6.86. The zero-order chi connectivity index (χ0) is 15.0. The lowest BCUT2D eigenvalue weighted by Gasteiger charge is -2.09. The van der Waals surface area contributed by atoms with E-state index in [0.29, 0.717) is 17.3 Å². The van der Waals surface area contributed by atoms with Crippen molar-refractivity contribution in [3.63, 3.8) is 0 Å². The molecule has 0 atom stereocenters. The smallest absolute Gasteiger partial charge is 0.164 e. The third-order valence-corrected chi connectivity index (χ3v) is 3.41. The standard InChI is InChI=1S/C16H17N5/c1-10(2)13-7-8-21(20-13)16-12(15(17)18)9-11-5-3-4-6-14(11)19-16/h3-10H,1-2H3,(H3,17,18). The van der Waals surface area contributed by atoms with Gasteiger partial charge in [-0.25, -0.2) is 9.67 Å². The van der Waals surface area contributed by atoms with Gasteiger partial charge in [-0.3, -0.25) is 5.41 Å². The van der Waals surface area contributed by atoms with Crippen molar-refractivity contribution in [3.8, 4) is 5.82 Å². The number of para-hydroxylation sites is 1. The first-order valence-electron chi connectivity index (χ1n) is 6.86. The molecule has 2 aromatic heterocycles. The van der Waals surface area contributed by atoms with Gasteiger partial charge in [0.1, 0.15) is 5.84 Å². The van der Waals surface area contributed by atoms with Crippen molar-refractivity contribution in [1.29, 1.82) is 5.41 Å². The lowest BCUT2D eigenvalue weighted by Crippen LogP contribution is -2.16. The van der Waals surface area contributed by atoms with E-state index in [1.165, 1.54) is 0 Å². The van der Waals surface area contributed by atoms with Crippen LogP contribution in [-0.2, 0) is 0 Å². The highest BCUT2D eigenvalue weighted by atomic mass is 15.3. The molecule has 0 amide bonds. The Morgan fingerprint density at radius 3 is 2.67 bits per heavy atom. The Labute approximate surface area is 122 Å². The minimum absolute atomic E-state index is 0.00940. The number of pyridine rings is 1. The van der Waals surface area contributed by atoms with Gasteiger partial charge in [-0.15, -0.1) is 0 Å². The lowest BCUT2D eigenvalue weighted by atomic mass is 10.1. The van der Waals surface area contributed by atoms with Crippen molar-refractivity contribution < 1.29 is 0 Å². The van der Waals surface area contributed by atoms with E-state index in [-0.39, 0.29) is 5.84 Å². The molecule has 0 saturated heterocycles.